The van der Waals surface area contributed by atoms with Crippen molar-refractivity contribution in [3.63, 3.8) is 0 Å². The van der Waals surface area contributed by atoms with Crippen LogP contribution in [-0.4, -0.2) is 33.7 Å². The predicted octanol–water partition coefficient (Wildman–Crippen LogP) is 3.57. The van der Waals surface area contributed by atoms with Crippen LogP contribution in [0.25, 0.3) is 0 Å². The molecule has 1 aromatic heterocycles. The zero-order chi connectivity index (χ0) is 14.8. The van der Waals surface area contributed by atoms with Crippen molar-refractivity contribution in [1.29, 1.82) is 0 Å². The number of likely N-dealkylation sites (tertiary alicyclic amines) is 1. The third-order valence-corrected chi connectivity index (χ3v) is 5.24. The zero-order valence-corrected chi connectivity index (χ0v) is 14.0. The first kappa shape index (κ1) is 15.9. The summed E-state index contributed by atoms with van der Waals surface area (Å²) in [4.78, 5) is 7.32. The Balaban J connectivity index is 2.01. The first-order valence-corrected chi connectivity index (χ1v) is 8.61. The Hall–Kier alpha value is -0.450. The van der Waals surface area contributed by atoms with E-state index in [1.165, 1.54) is 30.0 Å². The fraction of sp³-hybridized carbons (Fsp3) is 0.812. The van der Waals surface area contributed by atoms with Gasteiger partial charge in [0.05, 0.1) is 16.8 Å². The van der Waals surface area contributed by atoms with Gasteiger partial charge in [-0.3, -0.25) is 4.90 Å². The Kier molecular flexibility index (Phi) is 5.21. The first-order chi connectivity index (χ1) is 9.36. The molecule has 1 aliphatic heterocycles. The second kappa shape index (κ2) is 6.54. The van der Waals surface area contributed by atoms with Gasteiger partial charge < -0.3 is 5.11 Å². The van der Waals surface area contributed by atoms with E-state index in [2.05, 4.69) is 31.1 Å². The van der Waals surface area contributed by atoms with Crippen LogP contribution in [0.3, 0.4) is 0 Å². The molecule has 3 nitrogen and oxygen atoms in total. The summed E-state index contributed by atoms with van der Waals surface area (Å²) < 4.78 is 0. The second-order valence-corrected chi connectivity index (χ2v) is 7.96. The number of hydrogen-bond acceptors (Lipinski definition) is 4. The molecule has 20 heavy (non-hydrogen) atoms. The lowest BCUT2D eigenvalue weighted by atomic mass is 9.97. The molecule has 0 spiro atoms. The first-order valence-electron chi connectivity index (χ1n) is 7.73. The summed E-state index contributed by atoms with van der Waals surface area (Å²) in [7, 11) is 0. The number of piperidine rings is 1. The molecule has 0 aromatic carbocycles. The molecule has 1 fully saturated rings. The van der Waals surface area contributed by atoms with Crippen LogP contribution in [0.5, 0.6) is 0 Å². The normalized spacial score (nSPS) is 22.9. The third-order valence-electron chi connectivity index (χ3n) is 3.92. The monoisotopic (exact) mass is 296 g/mol. The van der Waals surface area contributed by atoms with Crippen LogP contribution in [0, 0.1) is 0 Å². The van der Waals surface area contributed by atoms with Gasteiger partial charge in [0.15, 0.2) is 0 Å². The van der Waals surface area contributed by atoms with Gasteiger partial charge in [-0.2, -0.15) is 0 Å². The molecule has 2 heterocycles. The van der Waals surface area contributed by atoms with Crippen molar-refractivity contribution in [2.45, 2.75) is 77.5 Å². The molecular formula is C16H28N2OS. The topological polar surface area (TPSA) is 36.4 Å². The highest BCUT2D eigenvalue weighted by Gasteiger charge is 2.25. The number of thiazole rings is 1. The predicted molar refractivity (Wildman–Crippen MR) is 85.2 cm³/mol. The summed E-state index contributed by atoms with van der Waals surface area (Å²) in [6.07, 6.45) is 4.45. The van der Waals surface area contributed by atoms with E-state index in [0.29, 0.717) is 6.04 Å². The van der Waals surface area contributed by atoms with Crippen LogP contribution in [0.1, 0.15) is 64.1 Å². The van der Waals surface area contributed by atoms with Crippen molar-refractivity contribution in [3.05, 3.63) is 16.1 Å². The van der Waals surface area contributed by atoms with Crippen LogP contribution >= 0.6 is 11.3 Å². The highest BCUT2D eigenvalue weighted by molar-refractivity contribution is 7.09. The minimum absolute atomic E-state index is 0.143. The summed E-state index contributed by atoms with van der Waals surface area (Å²) in [5.74, 6) is 0. The molecule has 114 valence electrons. The van der Waals surface area contributed by atoms with Crippen LogP contribution in [0.2, 0.25) is 0 Å². The molecule has 2 atom stereocenters. The zero-order valence-electron chi connectivity index (χ0n) is 13.2. The van der Waals surface area contributed by atoms with Crippen LogP contribution < -0.4 is 0 Å². The highest BCUT2D eigenvalue weighted by atomic mass is 32.1. The lowest BCUT2D eigenvalue weighted by Gasteiger charge is -2.36. The van der Waals surface area contributed by atoms with Crippen molar-refractivity contribution in [3.8, 4) is 0 Å². The van der Waals surface area contributed by atoms with E-state index in [0.717, 1.165) is 19.5 Å². The van der Waals surface area contributed by atoms with E-state index in [4.69, 9.17) is 4.98 Å². The largest absolute Gasteiger partial charge is 0.393 e. The molecule has 2 unspecified atom stereocenters. The lowest BCUT2D eigenvalue weighted by molar-refractivity contribution is 0.0810. The van der Waals surface area contributed by atoms with Crippen LogP contribution in [-0.2, 0) is 12.0 Å². The molecule has 2 rings (SSSR count). The van der Waals surface area contributed by atoms with Gasteiger partial charge in [-0.05, 0) is 32.7 Å². The Morgan fingerprint density at radius 1 is 1.45 bits per heavy atom. The lowest BCUT2D eigenvalue weighted by Crippen LogP contribution is -2.40. The average Bonchev–Trinajstić information content (AvgIpc) is 2.79. The van der Waals surface area contributed by atoms with E-state index in [-0.39, 0.29) is 11.5 Å². The molecule has 1 aromatic rings. The maximum absolute atomic E-state index is 9.66. The third kappa shape index (κ3) is 4.27. The molecule has 0 aliphatic carbocycles. The molecule has 1 saturated heterocycles. The van der Waals surface area contributed by atoms with Gasteiger partial charge in [0, 0.05) is 23.4 Å². The van der Waals surface area contributed by atoms with Gasteiger partial charge in [0.2, 0.25) is 0 Å². The second-order valence-electron chi connectivity index (χ2n) is 7.10. The van der Waals surface area contributed by atoms with Crippen molar-refractivity contribution < 1.29 is 5.11 Å². The molecule has 1 aliphatic rings. The number of aliphatic hydroxyl groups excluding tert-OH is 1. The Morgan fingerprint density at radius 2 is 2.20 bits per heavy atom. The van der Waals surface area contributed by atoms with Crippen molar-refractivity contribution in [1.82, 2.24) is 9.88 Å². The number of hydrogen-bond donors (Lipinski definition) is 1. The minimum atomic E-state index is -0.207. The van der Waals surface area contributed by atoms with Gasteiger partial charge in [-0.25, -0.2) is 4.98 Å². The Bertz CT molecular complexity index is 422. The van der Waals surface area contributed by atoms with Crippen LogP contribution in [0.15, 0.2) is 5.38 Å². The molecule has 0 saturated carbocycles. The van der Waals surface area contributed by atoms with E-state index in [1.54, 1.807) is 11.3 Å². The van der Waals surface area contributed by atoms with Gasteiger partial charge in [0.25, 0.3) is 0 Å². The van der Waals surface area contributed by atoms with Crippen molar-refractivity contribution >= 4 is 11.3 Å². The van der Waals surface area contributed by atoms with Gasteiger partial charge in [-0.1, -0.05) is 27.2 Å². The van der Waals surface area contributed by atoms with Crippen molar-refractivity contribution in [2.75, 3.05) is 6.54 Å². The molecule has 1 N–H and O–H groups in total. The van der Waals surface area contributed by atoms with E-state index in [1.807, 2.05) is 6.92 Å². The summed E-state index contributed by atoms with van der Waals surface area (Å²) >= 11 is 1.77. The Morgan fingerprint density at radius 3 is 2.80 bits per heavy atom. The quantitative estimate of drug-likeness (QED) is 0.923. The molecule has 0 radical (unpaired) electrons. The molecule has 0 bridgehead atoms. The number of aliphatic hydroxyl groups is 1. The summed E-state index contributed by atoms with van der Waals surface area (Å²) in [6, 6.07) is 0.517. The summed E-state index contributed by atoms with van der Waals surface area (Å²) in [6.45, 7) is 10.6. The summed E-state index contributed by atoms with van der Waals surface area (Å²) in [5.41, 5.74) is 1.33. The van der Waals surface area contributed by atoms with Crippen molar-refractivity contribution in [2.24, 2.45) is 0 Å². The minimum Gasteiger partial charge on any atom is -0.393 e. The van der Waals surface area contributed by atoms with Gasteiger partial charge in [0.1, 0.15) is 0 Å². The fourth-order valence-corrected chi connectivity index (χ4v) is 3.76. The average molecular weight is 296 g/mol. The standard InChI is InChI=1S/C16H28N2OS/c1-12(19)9-14-7-5-6-8-18(14)10-13-11-20-15(17-13)16(2,3)4/h11-12,14,19H,5-10H2,1-4H3. The van der Waals surface area contributed by atoms with Crippen LogP contribution in [0.4, 0.5) is 0 Å². The number of rotatable bonds is 4. The molecular weight excluding hydrogens is 268 g/mol. The maximum Gasteiger partial charge on any atom is 0.0982 e. The maximum atomic E-state index is 9.66. The number of aromatic nitrogens is 1. The smallest absolute Gasteiger partial charge is 0.0982 e. The van der Waals surface area contributed by atoms with Gasteiger partial charge in [-0.15, -0.1) is 11.3 Å². The SMILES string of the molecule is CC(O)CC1CCCCN1Cc1csc(C(C)(C)C)n1. The van der Waals surface area contributed by atoms with Gasteiger partial charge >= 0.3 is 0 Å². The van der Waals surface area contributed by atoms with E-state index < -0.39 is 0 Å². The fourth-order valence-electron chi connectivity index (χ4n) is 2.86. The highest BCUT2D eigenvalue weighted by Crippen LogP contribution is 2.28. The summed E-state index contributed by atoms with van der Waals surface area (Å²) in [5, 5.41) is 13.1. The van der Waals surface area contributed by atoms with E-state index >= 15 is 0 Å². The Labute approximate surface area is 127 Å². The van der Waals surface area contributed by atoms with E-state index in [9.17, 15) is 5.11 Å². The molecule has 4 heteroatoms. The number of nitrogens with zero attached hydrogens (tertiary/aromatic N) is 2. The molecule has 0 amide bonds.